The van der Waals surface area contributed by atoms with Gasteiger partial charge < -0.3 is 10.8 Å². The lowest BCUT2D eigenvalue weighted by Crippen LogP contribution is -2.15. The molecule has 0 bridgehead atoms. The zero-order valence-corrected chi connectivity index (χ0v) is 11.4. The molecule has 1 aromatic carbocycles. The largest absolute Gasteiger partial charge is 0.478 e. The van der Waals surface area contributed by atoms with Gasteiger partial charge in [0.05, 0.1) is 0 Å². The van der Waals surface area contributed by atoms with E-state index < -0.39 is 5.97 Å². The van der Waals surface area contributed by atoms with Crippen molar-refractivity contribution in [2.24, 2.45) is 5.73 Å². The molecule has 98 valence electrons. The van der Waals surface area contributed by atoms with Crippen molar-refractivity contribution in [3.05, 3.63) is 47.0 Å². The molecule has 0 saturated carbocycles. The summed E-state index contributed by atoms with van der Waals surface area (Å²) in [5, 5.41) is 8.62. The van der Waals surface area contributed by atoms with Crippen LogP contribution in [0.5, 0.6) is 0 Å². The number of carboxylic acids is 1. The topological polar surface area (TPSA) is 63.3 Å². The van der Waals surface area contributed by atoms with Crippen molar-refractivity contribution < 1.29 is 9.90 Å². The van der Waals surface area contributed by atoms with Gasteiger partial charge in [-0.05, 0) is 29.0 Å². The predicted octanol–water partition coefficient (Wildman–Crippen LogP) is 2.93. The second-order valence-corrected chi connectivity index (χ2v) is 5.54. The summed E-state index contributed by atoms with van der Waals surface area (Å²) in [5.41, 5.74) is 9.30. The van der Waals surface area contributed by atoms with Gasteiger partial charge in [0.1, 0.15) is 0 Å². The van der Waals surface area contributed by atoms with Crippen molar-refractivity contribution in [2.75, 3.05) is 0 Å². The molecule has 3 nitrogen and oxygen atoms in total. The molecule has 1 aromatic rings. The number of aryl methyl sites for hydroxylation is 1. The molecule has 0 aliphatic carbocycles. The fraction of sp³-hybridized carbons (Fsp3) is 0.400. The molecule has 0 aliphatic heterocycles. The van der Waals surface area contributed by atoms with Crippen molar-refractivity contribution in [3.63, 3.8) is 0 Å². The lowest BCUT2D eigenvalue weighted by atomic mass is 9.84. The summed E-state index contributed by atoms with van der Waals surface area (Å²) < 4.78 is 0. The van der Waals surface area contributed by atoms with Crippen molar-refractivity contribution in [1.82, 2.24) is 0 Å². The van der Waals surface area contributed by atoms with E-state index in [1.807, 2.05) is 13.0 Å². The lowest BCUT2D eigenvalue weighted by molar-refractivity contribution is -0.131. The van der Waals surface area contributed by atoms with Crippen molar-refractivity contribution in [2.45, 2.75) is 39.2 Å². The Bertz CT molecular complexity index is 470. The Balaban J connectivity index is 3.12. The van der Waals surface area contributed by atoms with Gasteiger partial charge in [0.15, 0.2) is 0 Å². The smallest absolute Gasteiger partial charge is 0.328 e. The van der Waals surface area contributed by atoms with E-state index in [-0.39, 0.29) is 11.5 Å². The second-order valence-electron chi connectivity index (χ2n) is 5.54. The molecule has 0 radical (unpaired) electrons. The van der Waals surface area contributed by atoms with Gasteiger partial charge >= 0.3 is 5.97 Å². The van der Waals surface area contributed by atoms with Crippen LogP contribution in [0.15, 0.2) is 30.4 Å². The lowest BCUT2D eigenvalue weighted by Gasteiger charge is -2.22. The SMILES string of the molecule is Cc1ccc(C(C)(C)C)cc1C(N)/C=C/C(=O)O. The fourth-order valence-corrected chi connectivity index (χ4v) is 1.76. The minimum absolute atomic E-state index is 0.0542. The monoisotopic (exact) mass is 247 g/mol. The number of aliphatic carboxylic acids is 1. The summed E-state index contributed by atoms with van der Waals surface area (Å²) in [6.07, 6.45) is 2.60. The van der Waals surface area contributed by atoms with E-state index in [0.29, 0.717) is 0 Å². The van der Waals surface area contributed by atoms with Gasteiger partial charge in [-0.15, -0.1) is 0 Å². The van der Waals surface area contributed by atoms with E-state index >= 15 is 0 Å². The quantitative estimate of drug-likeness (QED) is 0.807. The molecule has 0 saturated heterocycles. The molecular formula is C15H21NO2. The highest BCUT2D eigenvalue weighted by molar-refractivity contribution is 5.79. The molecule has 0 heterocycles. The zero-order chi connectivity index (χ0) is 13.9. The summed E-state index contributed by atoms with van der Waals surface area (Å²) >= 11 is 0. The Kier molecular flexibility index (Phi) is 4.30. The highest BCUT2D eigenvalue weighted by Gasteiger charge is 2.16. The third-order valence-corrected chi connectivity index (χ3v) is 2.95. The number of hydrogen-bond acceptors (Lipinski definition) is 2. The molecule has 1 atom stereocenters. The van der Waals surface area contributed by atoms with Gasteiger partial charge in [0.2, 0.25) is 0 Å². The molecule has 3 N–H and O–H groups in total. The number of hydrogen-bond donors (Lipinski definition) is 2. The van der Waals surface area contributed by atoms with E-state index in [9.17, 15) is 4.79 Å². The Labute approximate surface area is 108 Å². The van der Waals surface area contributed by atoms with E-state index in [1.165, 1.54) is 11.6 Å². The minimum atomic E-state index is -0.977. The van der Waals surface area contributed by atoms with Gasteiger partial charge in [-0.25, -0.2) is 4.79 Å². The Morgan fingerprint density at radius 1 is 1.39 bits per heavy atom. The summed E-state index contributed by atoms with van der Waals surface area (Å²) in [5.74, 6) is -0.977. The average molecular weight is 247 g/mol. The first-order chi connectivity index (χ1) is 8.21. The van der Waals surface area contributed by atoms with Gasteiger partial charge in [-0.3, -0.25) is 0 Å². The van der Waals surface area contributed by atoms with Crippen LogP contribution >= 0.6 is 0 Å². The van der Waals surface area contributed by atoms with Gasteiger partial charge in [0, 0.05) is 12.1 Å². The van der Waals surface area contributed by atoms with Crippen LogP contribution < -0.4 is 5.73 Å². The van der Waals surface area contributed by atoms with Crippen LogP contribution in [-0.2, 0) is 10.2 Å². The Hall–Kier alpha value is -1.61. The maximum atomic E-state index is 10.5. The summed E-state index contributed by atoms with van der Waals surface area (Å²) in [7, 11) is 0. The molecule has 0 aliphatic rings. The van der Waals surface area contributed by atoms with Crippen LogP contribution in [0.2, 0.25) is 0 Å². The first kappa shape index (κ1) is 14.5. The number of benzene rings is 1. The third kappa shape index (κ3) is 3.70. The Morgan fingerprint density at radius 3 is 2.50 bits per heavy atom. The van der Waals surface area contributed by atoms with Gasteiger partial charge in [-0.2, -0.15) is 0 Å². The van der Waals surface area contributed by atoms with E-state index in [4.69, 9.17) is 10.8 Å². The maximum absolute atomic E-state index is 10.5. The summed E-state index contributed by atoms with van der Waals surface area (Å²) in [6.45, 7) is 8.40. The van der Waals surface area contributed by atoms with Crippen molar-refractivity contribution in [3.8, 4) is 0 Å². The highest BCUT2D eigenvalue weighted by Crippen LogP contribution is 2.27. The van der Waals surface area contributed by atoms with Crippen LogP contribution in [0.25, 0.3) is 0 Å². The van der Waals surface area contributed by atoms with Crippen LogP contribution in [0, 0.1) is 6.92 Å². The predicted molar refractivity (Wildman–Crippen MR) is 73.6 cm³/mol. The standard InChI is InChI=1S/C15H21NO2/c1-10-5-6-11(15(2,3)4)9-12(10)13(16)7-8-14(17)18/h5-9,13H,16H2,1-4H3,(H,17,18)/b8-7+. The molecule has 0 spiro atoms. The molecule has 1 unspecified atom stereocenters. The third-order valence-electron chi connectivity index (χ3n) is 2.95. The Morgan fingerprint density at radius 2 is 2.00 bits per heavy atom. The maximum Gasteiger partial charge on any atom is 0.328 e. The molecule has 3 heteroatoms. The number of carbonyl (C=O) groups is 1. The van der Waals surface area contributed by atoms with Crippen LogP contribution in [0.4, 0.5) is 0 Å². The van der Waals surface area contributed by atoms with Crippen LogP contribution in [-0.4, -0.2) is 11.1 Å². The first-order valence-corrected chi connectivity index (χ1v) is 5.99. The van der Waals surface area contributed by atoms with Gasteiger partial charge in [0.25, 0.3) is 0 Å². The summed E-state index contributed by atoms with van der Waals surface area (Å²) in [6, 6.07) is 5.80. The number of rotatable bonds is 3. The number of carboxylic acid groups (broad SMARTS) is 1. The second kappa shape index (κ2) is 5.36. The van der Waals surface area contributed by atoms with Crippen molar-refractivity contribution in [1.29, 1.82) is 0 Å². The molecule has 1 rings (SSSR count). The normalized spacial score (nSPS) is 13.8. The molecule has 18 heavy (non-hydrogen) atoms. The molecule has 0 fully saturated rings. The molecular weight excluding hydrogens is 226 g/mol. The van der Waals surface area contributed by atoms with Crippen LogP contribution in [0.3, 0.4) is 0 Å². The molecule has 0 amide bonds. The number of nitrogens with two attached hydrogens (primary N) is 1. The van der Waals surface area contributed by atoms with E-state index in [0.717, 1.165) is 17.2 Å². The molecule has 0 aromatic heterocycles. The fourth-order valence-electron chi connectivity index (χ4n) is 1.76. The van der Waals surface area contributed by atoms with E-state index in [2.05, 4.69) is 32.9 Å². The van der Waals surface area contributed by atoms with Gasteiger partial charge in [-0.1, -0.05) is 45.0 Å². The van der Waals surface area contributed by atoms with E-state index in [1.54, 1.807) is 0 Å². The zero-order valence-electron chi connectivity index (χ0n) is 11.4. The van der Waals surface area contributed by atoms with Crippen LogP contribution in [0.1, 0.15) is 43.5 Å². The minimum Gasteiger partial charge on any atom is -0.478 e. The summed E-state index contributed by atoms with van der Waals surface area (Å²) in [4.78, 5) is 10.5. The van der Waals surface area contributed by atoms with Crippen molar-refractivity contribution >= 4 is 5.97 Å². The highest BCUT2D eigenvalue weighted by atomic mass is 16.4. The average Bonchev–Trinajstić information content (AvgIpc) is 2.24. The first-order valence-electron chi connectivity index (χ1n) is 5.99.